The number of Topliss-reactive ketones (excluding diaryl/α,β-unsaturated/α-hetero) is 2. The number of halogens is 5. The van der Waals surface area contributed by atoms with Crippen molar-refractivity contribution in [3.8, 4) is 17.2 Å². The van der Waals surface area contributed by atoms with Crippen LogP contribution in [0.2, 0.25) is 0 Å². The zero-order valence-corrected chi connectivity index (χ0v) is 19.2. The molecule has 0 unspecified atom stereocenters. The maximum atomic E-state index is 14.1. The van der Waals surface area contributed by atoms with E-state index in [1.54, 1.807) is 0 Å². The van der Waals surface area contributed by atoms with Crippen molar-refractivity contribution in [3.05, 3.63) is 75.0 Å². The van der Waals surface area contributed by atoms with E-state index in [-0.39, 0.29) is 17.1 Å². The number of aliphatic hydroxyl groups is 1. The molecule has 1 aliphatic carbocycles. The van der Waals surface area contributed by atoms with Gasteiger partial charge in [-0.05, 0) is 13.8 Å². The van der Waals surface area contributed by atoms with Gasteiger partial charge >= 0.3 is 0 Å². The molecule has 194 valence electrons. The van der Waals surface area contributed by atoms with Crippen LogP contribution in [0.25, 0.3) is 0 Å². The lowest BCUT2D eigenvalue weighted by molar-refractivity contribution is -0.123. The van der Waals surface area contributed by atoms with Crippen LogP contribution >= 0.6 is 0 Å². The monoisotopic (exact) mass is 525 g/mol. The predicted molar refractivity (Wildman–Crippen MR) is 113 cm³/mol. The van der Waals surface area contributed by atoms with Crippen molar-refractivity contribution in [2.45, 2.75) is 25.8 Å². The predicted octanol–water partition coefficient (Wildman–Crippen LogP) is 3.54. The minimum Gasteiger partial charge on any atom is -0.507 e. The number of ketones is 2. The van der Waals surface area contributed by atoms with Crippen LogP contribution in [0.4, 0.5) is 22.0 Å². The summed E-state index contributed by atoms with van der Waals surface area (Å²) in [7, 11) is 1.09. The van der Waals surface area contributed by atoms with Gasteiger partial charge in [-0.1, -0.05) is 0 Å². The number of rotatable bonds is 5. The number of fused-ring (bicyclic) bond motifs is 3. The van der Waals surface area contributed by atoms with E-state index in [0.29, 0.717) is 0 Å². The van der Waals surface area contributed by atoms with E-state index in [1.807, 2.05) is 5.32 Å². The lowest BCUT2D eigenvalue weighted by Gasteiger charge is -2.27. The highest BCUT2D eigenvalue weighted by Gasteiger charge is 2.55. The van der Waals surface area contributed by atoms with Gasteiger partial charge in [0.1, 0.15) is 39.6 Å². The molecule has 2 aliphatic rings. The number of allylic oxidation sites excluding steroid dienone is 3. The van der Waals surface area contributed by atoms with Crippen molar-refractivity contribution >= 4 is 17.5 Å². The Hall–Kier alpha value is -4.42. The number of hydrogen-bond donors (Lipinski definition) is 3. The van der Waals surface area contributed by atoms with E-state index >= 15 is 0 Å². The first kappa shape index (κ1) is 25.7. The van der Waals surface area contributed by atoms with Gasteiger partial charge in [-0.3, -0.25) is 14.4 Å². The standard InChI is InChI=1S/C24H16F5NO7/c1-7(31)13-9(32)5-12-24(2,22(13)34)15-10(33)4-11(36-3)14(21(15)37-12)23(35)30-6-8-16(25)18(27)20(29)19(28)17(8)26/h4-5,32-33H,6H2,1-3H3,(H,30,35)/t24-/m1/s1. The summed E-state index contributed by atoms with van der Waals surface area (Å²) in [4.78, 5) is 38.3. The molecule has 1 aliphatic heterocycles. The quantitative estimate of drug-likeness (QED) is 0.236. The minimum atomic E-state index is -2.37. The molecule has 2 aromatic carbocycles. The summed E-state index contributed by atoms with van der Waals surface area (Å²) >= 11 is 0. The third-order valence-corrected chi connectivity index (χ3v) is 6.16. The van der Waals surface area contributed by atoms with Crippen molar-refractivity contribution in [1.29, 1.82) is 0 Å². The van der Waals surface area contributed by atoms with Gasteiger partial charge in [-0.25, -0.2) is 22.0 Å². The second-order valence-corrected chi connectivity index (χ2v) is 8.29. The molecule has 0 bridgehead atoms. The second-order valence-electron chi connectivity index (χ2n) is 8.29. The summed E-state index contributed by atoms with van der Waals surface area (Å²) in [5, 5.41) is 22.9. The Kier molecular flexibility index (Phi) is 5.97. The number of nitrogens with one attached hydrogen (secondary N) is 1. The van der Waals surface area contributed by atoms with E-state index in [0.717, 1.165) is 26.2 Å². The lowest BCUT2D eigenvalue weighted by atomic mass is 9.71. The van der Waals surface area contributed by atoms with E-state index in [4.69, 9.17) is 9.47 Å². The molecule has 0 radical (unpaired) electrons. The molecule has 37 heavy (non-hydrogen) atoms. The first-order valence-corrected chi connectivity index (χ1v) is 10.4. The number of methoxy groups -OCH3 is 1. The van der Waals surface area contributed by atoms with Gasteiger partial charge in [0.05, 0.1) is 12.7 Å². The van der Waals surface area contributed by atoms with Crippen molar-refractivity contribution in [3.63, 3.8) is 0 Å². The normalized spacial score (nSPS) is 18.2. The van der Waals surface area contributed by atoms with E-state index in [1.165, 1.54) is 6.92 Å². The zero-order chi connectivity index (χ0) is 27.6. The molecule has 1 heterocycles. The smallest absolute Gasteiger partial charge is 0.259 e. The molecule has 0 spiro atoms. The summed E-state index contributed by atoms with van der Waals surface area (Å²) in [6, 6.07) is 0.933. The van der Waals surface area contributed by atoms with Crippen LogP contribution in [0.5, 0.6) is 17.2 Å². The topological polar surface area (TPSA) is 122 Å². The van der Waals surface area contributed by atoms with Crippen molar-refractivity contribution < 1.29 is 56.0 Å². The molecule has 1 amide bonds. The Labute approximate surface area is 204 Å². The van der Waals surface area contributed by atoms with Crippen LogP contribution in [-0.2, 0) is 21.5 Å². The van der Waals surface area contributed by atoms with Crippen LogP contribution < -0.4 is 14.8 Å². The molecule has 2 aromatic rings. The molecular weight excluding hydrogens is 509 g/mol. The molecule has 8 nitrogen and oxygen atoms in total. The van der Waals surface area contributed by atoms with E-state index < -0.39 is 92.5 Å². The van der Waals surface area contributed by atoms with Crippen LogP contribution in [0.15, 0.2) is 29.2 Å². The number of amides is 1. The Balaban J connectivity index is 1.81. The number of phenolic OH excluding ortho intramolecular Hbond substituents is 1. The van der Waals surface area contributed by atoms with Gasteiger partial charge in [0.15, 0.2) is 40.6 Å². The number of carbonyl (C=O) groups is 3. The maximum Gasteiger partial charge on any atom is 0.259 e. The third kappa shape index (κ3) is 3.52. The van der Waals surface area contributed by atoms with Gasteiger partial charge in [0.25, 0.3) is 5.91 Å². The summed E-state index contributed by atoms with van der Waals surface area (Å²) in [6.45, 7) is 1.15. The molecule has 0 fully saturated rings. The number of ether oxygens (including phenoxy) is 2. The first-order valence-electron chi connectivity index (χ1n) is 10.4. The average Bonchev–Trinajstić information content (AvgIpc) is 3.14. The number of phenols is 1. The Morgan fingerprint density at radius 3 is 2.16 bits per heavy atom. The van der Waals surface area contributed by atoms with Crippen LogP contribution in [0.1, 0.15) is 35.3 Å². The van der Waals surface area contributed by atoms with Crippen LogP contribution in [0, 0.1) is 29.1 Å². The number of hydrogen-bond acceptors (Lipinski definition) is 7. The van der Waals surface area contributed by atoms with Crippen LogP contribution in [0.3, 0.4) is 0 Å². The minimum absolute atomic E-state index is 0.257. The molecule has 0 saturated heterocycles. The molecule has 4 rings (SSSR count). The highest BCUT2D eigenvalue weighted by molar-refractivity contribution is 6.25. The van der Waals surface area contributed by atoms with Gasteiger partial charge in [0.2, 0.25) is 5.82 Å². The van der Waals surface area contributed by atoms with Gasteiger partial charge < -0.3 is 25.0 Å². The molecule has 1 atom stereocenters. The summed E-state index contributed by atoms with van der Waals surface area (Å²) in [5.41, 5.74) is -4.55. The fourth-order valence-corrected chi connectivity index (χ4v) is 4.28. The number of aromatic hydroxyl groups is 1. The maximum absolute atomic E-state index is 14.1. The fourth-order valence-electron chi connectivity index (χ4n) is 4.28. The second kappa shape index (κ2) is 8.61. The van der Waals surface area contributed by atoms with Crippen molar-refractivity contribution in [1.82, 2.24) is 5.32 Å². The van der Waals surface area contributed by atoms with Crippen LogP contribution in [-0.4, -0.2) is 34.8 Å². The number of aliphatic hydroxyl groups excluding tert-OH is 1. The van der Waals surface area contributed by atoms with Crippen molar-refractivity contribution in [2.75, 3.05) is 7.11 Å². The zero-order valence-electron chi connectivity index (χ0n) is 19.2. The van der Waals surface area contributed by atoms with Crippen molar-refractivity contribution in [2.24, 2.45) is 0 Å². The first-order chi connectivity index (χ1) is 17.3. The third-order valence-electron chi connectivity index (χ3n) is 6.16. The molecule has 3 N–H and O–H groups in total. The average molecular weight is 525 g/mol. The lowest BCUT2D eigenvalue weighted by Crippen LogP contribution is -2.38. The van der Waals surface area contributed by atoms with E-state index in [2.05, 4.69) is 0 Å². The number of benzene rings is 2. The molecular formula is C24H16F5NO7. The number of carbonyl (C=O) groups excluding carboxylic acids is 3. The summed E-state index contributed by atoms with van der Waals surface area (Å²) in [5.74, 6) is -16.3. The Morgan fingerprint density at radius 2 is 1.62 bits per heavy atom. The fraction of sp³-hybridized carbons (Fsp3) is 0.208. The highest BCUT2D eigenvalue weighted by atomic mass is 19.2. The van der Waals surface area contributed by atoms with Gasteiger partial charge in [-0.15, -0.1) is 0 Å². The molecule has 0 saturated carbocycles. The van der Waals surface area contributed by atoms with E-state index in [9.17, 15) is 46.5 Å². The molecule has 13 heteroatoms. The summed E-state index contributed by atoms with van der Waals surface area (Å²) in [6.07, 6.45) is 0.959. The highest BCUT2D eigenvalue weighted by Crippen LogP contribution is 2.56. The summed E-state index contributed by atoms with van der Waals surface area (Å²) < 4.78 is 79.2. The largest absolute Gasteiger partial charge is 0.507 e. The Morgan fingerprint density at radius 1 is 1.05 bits per heavy atom. The SMILES string of the molecule is COc1cc(O)c2c(c1C(=O)NCc1c(F)c(F)c(F)c(F)c1F)OC1=CC(O)=C(C(C)=O)C(=O)[C@]12C. The Bertz CT molecular complexity index is 1470. The van der Waals surface area contributed by atoms with Gasteiger partial charge in [-0.2, -0.15) is 0 Å². The molecule has 0 aromatic heterocycles. The van der Waals surface area contributed by atoms with Gasteiger partial charge in [0, 0.05) is 24.3 Å².